The molecule has 0 aromatic carbocycles. The molecule has 0 fully saturated rings. The van der Waals surface area contributed by atoms with Crippen molar-refractivity contribution in [3.8, 4) is 0 Å². The Kier molecular flexibility index (Phi) is 1.57. The molecular formula is C5H12N4. The molecule has 1 rings (SSSR count). The number of hydrogen-bond acceptors (Lipinski definition) is 4. The fourth-order valence-corrected chi connectivity index (χ4v) is 0.837. The Morgan fingerprint density at radius 2 is 2.33 bits per heavy atom. The van der Waals surface area contributed by atoms with Crippen LogP contribution in [0, 0.1) is 0 Å². The number of hydrazone groups is 1. The summed E-state index contributed by atoms with van der Waals surface area (Å²) in [5.41, 5.74) is 3.03. The van der Waals surface area contributed by atoms with Gasteiger partial charge in [-0.15, -0.1) is 10.2 Å². The summed E-state index contributed by atoms with van der Waals surface area (Å²) in [6.07, 6.45) is 0. The van der Waals surface area contributed by atoms with Crippen molar-refractivity contribution in [1.82, 2.24) is 15.7 Å². The fourth-order valence-electron chi connectivity index (χ4n) is 0.837. The number of hydrazine groups is 2. The summed E-state index contributed by atoms with van der Waals surface area (Å²) in [7, 11) is 1.93. The van der Waals surface area contributed by atoms with Crippen molar-refractivity contribution >= 4 is 5.84 Å². The Balaban J connectivity index is 2.53. The van der Waals surface area contributed by atoms with E-state index in [1.165, 1.54) is 0 Å². The van der Waals surface area contributed by atoms with Crippen LogP contribution in [-0.2, 0) is 0 Å². The van der Waals surface area contributed by atoms with E-state index in [4.69, 9.17) is 0 Å². The number of amidine groups is 1. The second kappa shape index (κ2) is 2.23. The first-order chi connectivity index (χ1) is 4.24. The maximum atomic E-state index is 4.15. The molecule has 0 radical (unpaired) electrons. The lowest BCUT2D eigenvalue weighted by atomic mass is 10.7. The van der Waals surface area contributed by atoms with Crippen LogP contribution in [0.2, 0.25) is 0 Å². The summed E-state index contributed by atoms with van der Waals surface area (Å²) < 4.78 is 0. The van der Waals surface area contributed by atoms with E-state index in [0.29, 0.717) is 0 Å². The number of hydrogen-bond donors (Lipinski definition) is 1. The molecule has 0 atom stereocenters. The number of nitrogens with one attached hydrogen (secondary N) is 1. The van der Waals surface area contributed by atoms with Crippen molar-refractivity contribution < 1.29 is 0 Å². The molecule has 0 saturated carbocycles. The van der Waals surface area contributed by atoms with Gasteiger partial charge in [-0.1, -0.05) is 0 Å². The molecule has 0 spiro atoms. The molecule has 4 nitrogen and oxygen atoms in total. The van der Waals surface area contributed by atoms with Crippen LogP contribution in [0.5, 0.6) is 0 Å². The highest BCUT2D eigenvalue weighted by molar-refractivity contribution is 5.79. The van der Waals surface area contributed by atoms with E-state index in [2.05, 4.69) is 17.5 Å². The Bertz CT molecular complexity index is 131. The van der Waals surface area contributed by atoms with Gasteiger partial charge in [0, 0.05) is 7.05 Å². The largest absolute Gasteiger partial charge is 0.286 e. The lowest BCUT2D eigenvalue weighted by molar-refractivity contribution is 0.00484. The van der Waals surface area contributed by atoms with Crippen LogP contribution in [-0.4, -0.2) is 29.7 Å². The third kappa shape index (κ3) is 1.13. The molecule has 52 valence electrons. The van der Waals surface area contributed by atoms with Crippen molar-refractivity contribution in [2.75, 3.05) is 13.6 Å². The fraction of sp³-hybridized carbons (Fsp3) is 0.800. The average Bonchev–Trinajstić information content (AvgIpc) is 2.10. The van der Waals surface area contributed by atoms with Gasteiger partial charge in [0.2, 0.25) is 0 Å². The first-order valence-electron chi connectivity index (χ1n) is 3.07. The first kappa shape index (κ1) is 6.35. The molecule has 0 unspecified atom stereocenters. The van der Waals surface area contributed by atoms with E-state index in [1.54, 1.807) is 0 Å². The van der Waals surface area contributed by atoms with E-state index in [1.807, 2.05) is 24.2 Å². The molecular weight excluding hydrogens is 116 g/mol. The lowest BCUT2D eigenvalue weighted by Gasteiger charge is -2.19. The molecule has 0 aliphatic carbocycles. The second-order valence-corrected chi connectivity index (χ2v) is 2.01. The van der Waals surface area contributed by atoms with Crippen molar-refractivity contribution in [1.29, 1.82) is 0 Å². The SMILES string of the molecule is CCN1N=C(C)NN1C. The van der Waals surface area contributed by atoms with Gasteiger partial charge in [-0.3, -0.25) is 5.43 Å². The summed E-state index contributed by atoms with van der Waals surface area (Å²) in [6.45, 7) is 4.90. The van der Waals surface area contributed by atoms with Gasteiger partial charge < -0.3 is 0 Å². The van der Waals surface area contributed by atoms with Crippen LogP contribution in [0.3, 0.4) is 0 Å². The molecule has 0 aromatic rings. The van der Waals surface area contributed by atoms with Gasteiger partial charge in [0.05, 0.1) is 6.54 Å². The van der Waals surface area contributed by atoms with Gasteiger partial charge in [-0.05, 0) is 13.8 Å². The Hall–Kier alpha value is -0.770. The van der Waals surface area contributed by atoms with Crippen LogP contribution in [0.25, 0.3) is 0 Å². The maximum absolute atomic E-state index is 4.15. The molecule has 0 amide bonds. The molecule has 1 heterocycles. The molecule has 1 N–H and O–H groups in total. The van der Waals surface area contributed by atoms with Gasteiger partial charge in [0.15, 0.2) is 0 Å². The van der Waals surface area contributed by atoms with Crippen molar-refractivity contribution in [2.24, 2.45) is 5.10 Å². The third-order valence-corrected chi connectivity index (χ3v) is 1.22. The van der Waals surface area contributed by atoms with Crippen LogP contribution in [0.15, 0.2) is 5.10 Å². The Labute approximate surface area is 55.1 Å². The quantitative estimate of drug-likeness (QED) is 0.539. The summed E-state index contributed by atoms with van der Waals surface area (Å²) in [5, 5.41) is 7.87. The molecule has 0 saturated heterocycles. The highest BCUT2D eigenvalue weighted by atomic mass is 15.9. The predicted molar refractivity (Wildman–Crippen MR) is 36.4 cm³/mol. The lowest BCUT2D eigenvalue weighted by Crippen LogP contribution is -2.39. The zero-order valence-corrected chi connectivity index (χ0v) is 6.05. The van der Waals surface area contributed by atoms with Crippen LogP contribution in [0.4, 0.5) is 0 Å². The first-order valence-corrected chi connectivity index (χ1v) is 3.07. The second-order valence-electron chi connectivity index (χ2n) is 2.01. The highest BCUT2D eigenvalue weighted by Crippen LogP contribution is 1.98. The number of nitrogens with zero attached hydrogens (tertiary/aromatic N) is 3. The molecule has 0 aromatic heterocycles. The molecule has 4 heteroatoms. The highest BCUT2D eigenvalue weighted by Gasteiger charge is 2.12. The Morgan fingerprint density at radius 3 is 2.56 bits per heavy atom. The average molecular weight is 128 g/mol. The van der Waals surface area contributed by atoms with E-state index >= 15 is 0 Å². The topological polar surface area (TPSA) is 30.9 Å². The minimum atomic E-state index is 0.904. The van der Waals surface area contributed by atoms with Crippen molar-refractivity contribution in [3.05, 3.63) is 0 Å². The van der Waals surface area contributed by atoms with Gasteiger partial charge in [0.25, 0.3) is 0 Å². The minimum absolute atomic E-state index is 0.904. The standard InChI is InChI=1S/C5H12N4/c1-4-9-7-5(2)6-8(9)3/h4H2,1-3H3,(H,6,7). The summed E-state index contributed by atoms with van der Waals surface area (Å²) in [6, 6.07) is 0. The van der Waals surface area contributed by atoms with Crippen LogP contribution < -0.4 is 5.43 Å². The normalized spacial score (nSPS) is 19.9. The minimum Gasteiger partial charge on any atom is -0.286 e. The summed E-state index contributed by atoms with van der Waals surface area (Å²) in [5.74, 6) is 0.944. The zero-order valence-electron chi connectivity index (χ0n) is 6.05. The van der Waals surface area contributed by atoms with E-state index in [9.17, 15) is 0 Å². The zero-order chi connectivity index (χ0) is 6.85. The monoisotopic (exact) mass is 128 g/mol. The van der Waals surface area contributed by atoms with E-state index in [0.717, 1.165) is 12.4 Å². The van der Waals surface area contributed by atoms with Crippen LogP contribution >= 0.6 is 0 Å². The number of rotatable bonds is 1. The van der Waals surface area contributed by atoms with E-state index in [-0.39, 0.29) is 0 Å². The van der Waals surface area contributed by atoms with E-state index < -0.39 is 0 Å². The maximum Gasteiger partial charge on any atom is 0.136 e. The third-order valence-electron chi connectivity index (χ3n) is 1.22. The molecule has 1 aliphatic heterocycles. The van der Waals surface area contributed by atoms with Gasteiger partial charge in [-0.2, -0.15) is 0 Å². The van der Waals surface area contributed by atoms with Crippen molar-refractivity contribution in [3.63, 3.8) is 0 Å². The molecule has 9 heavy (non-hydrogen) atoms. The smallest absolute Gasteiger partial charge is 0.136 e. The predicted octanol–water partition coefficient (Wildman–Crippen LogP) is 0.00670. The van der Waals surface area contributed by atoms with Crippen molar-refractivity contribution in [2.45, 2.75) is 13.8 Å². The molecule has 0 bridgehead atoms. The van der Waals surface area contributed by atoms with Gasteiger partial charge in [0.1, 0.15) is 5.84 Å². The Morgan fingerprint density at radius 1 is 1.67 bits per heavy atom. The van der Waals surface area contributed by atoms with Gasteiger partial charge >= 0.3 is 0 Å². The van der Waals surface area contributed by atoms with Crippen LogP contribution in [0.1, 0.15) is 13.8 Å². The molecule has 1 aliphatic rings. The summed E-state index contributed by atoms with van der Waals surface area (Å²) >= 11 is 0. The summed E-state index contributed by atoms with van der Waals surface area (Å²) in [4.78, 5) is 0. The van der Waals surface area contributed by atoms with Gasteiger partial charge in [-0.25, -0.2) is 5.12 Å².